The lowest BCUT2D eigenvalue weighted by Crippen LogP contribution is -2.47. The molecule has 0 bridgehead atoms. The van der Waals surface area contributed by atoms with Gasteiger partial charge in [-0.25, -0.2) is 23.2 Å². The van der Waals surface area contributed by atoms with E-state index in [9.17, 15) is 8.78 Å². The van der Waals surface area contributed by atoms with Crippen molar-refractivity contribution in [2.24, 2.45) is 10.8 Å². The number of nitrogens with zero attached hydrogens (tertiary/aromatic N) is 6. The SMILES string of the molecule is Cc1ccc(-c2nnc(N3N=C(c4nc(F)ccc4F)SC3(c3ccccc3F)C(F)CCN)s2)nc1. The van der Waals surface area contributed by atoms with Crippen molar-refractivity contribution in [3.63, 3.8) is 0 Å². The van der Waals surface area contributed by atoms with E-state index >= 15 is 8.78 Å². The van der Waals surface area contributed by atoms with E-state index in [4.69, 9.17) is 5.73 Å². The highest BCUT2D eigenvalue weighted by atomic mass is 32.2. The molecule has 2 unspecified atom stereocenters. The zero-order chi connectivity index (χ0) is 26.2. The molecule has 2 N–H and O–H groups in total. The Morgan fingerprint density at radius 2 is 1.84 bits per heavy atom. The molecule has 0 aliphatic carbocycles. The van der Waals surface area contributed by atoms with E-state index in [2.05, 4.69) is 25.3 Å². The van der Waals surface area contributed by atoms with Crippen molar-refractivity contribution in [3.8, 4) is 10.7 Å². The summed E-state index contributed by atoms with van der Waals surface area (Å²) in [6.45, 7) is 1.84. The smallest absolute Gasteiger partial charge is 0.230 e. The summed E-state index contributed by atoms with van der Waals surface area (Å²) in [5, 5.41) is 14.3. The Kier molecular flexibility index (Phi) is 6.92. The molecule has 4 heterocycles. The van der Waals surface area contributed by atoms with Crippen LogP contribution in [0, 0.1) is 24.5 Å². The van der Waals surface area contributed by atoms with Crippen molar-refractivity contribution < 1.29 is 17.6 Å². The minimum absolute atomic E-state index is 0.0532. The molecule has 0 radical (unpaired) electrons. The van der Waals surface area contributed by atoms with Gasteiger partial charge in [0.1, 0.15) is 28.4 Å². The fraction of sp³-hybridized carbons (Fsp3) is 0.208. The van der Waals surface area contributed by atoms with Crippen LogP contribution in [0.1, 0.15) is 23.2 Å². The Labute approximate surface area is 217 Å². The van der Waals surface area contributed by atoms with E-state index in [-0.39, 0.29) is 28.7 Å². The first-order valence-corrected chi connectivity index (χ1v) is 12.7. The first-order chi connectivity index (χ1) is 17.8. The molecule has 0 spiro atoms. The van der Waals surface area contributed by atoms with Crippen molar-refractivity contribution in [1.29, 1.82) is 0 Å². The van der Waals surface area contributed by atoms with E-state index in [1.807, 2.05) is 13.0 Å². The van der Waals surface area contributed by atoms with Crippen molar-refractivity contribution in [3.05, 3.63) is 89.1 Å². The van der Waals surface area contributed by atoms with Crippen LogP contribution in [0.3, 0.4) is 0 Å². The monoisotopic (exact) mass is 545 g/mol. The molecule has 0 fully saturated rings. The number of alkyl halides is 1. The highest BCUT2D eigenvalue weighted by Crippen LogP contribution is 2.54. The minimum atomic E-state index is -1.89. The number of aryl methyl sites for hydroxylation is 1. The second-order valence-corrected chi connectivity index (χ2v) is 10.3. The normalized spacial score (nSPS) is 18.2. The minimum Gasteiger partial charge on any atom is -0.330 e. The first kappa shape index (κ1) is 25.2. The maximum absolute atomic E-state index is 16.2. The molecule has 3 aromatic heterocycles. The van der Waals surface area contributed by atoms with Gasteiger partial charge in [0.2, 0.25) is 11.1 Å². The number of nitrogens with two attached hydrogens (primary N) is 1. The van der Waals surface area contributed by atoms with Crippen molar-refractivity contribution in [2.45, 2.75) is 24.4 Å². The summed E-state index contributed by atoms with van der Waals surface area (Å²) >= 11 is 1.76. The van der Waals surface area contributed by atoms with Crippen LogP contribution in [0.25, 0.3) is 10.7 Å². The molecule has 1 aromatic carbocycles. The van der Waals surface area contributed by atoms with E-state index in [0.29, 0.717) is 10.7 Å². The molecule has 0 saturated carbocycles. The highest BCUT2D eigenvalue weighted by molar-refractivity contribution is 8.15. The summed E-state index contributed by atoms with van der Waals surface area (Å²) in [6, 6.07) is 11.0. The number of hydrazone groups is 1. The Morgan fingerprint density at radius 3 is 2.57 bits per heavy atom. The molecule has 0 saturated heterocycles. The summed E-state index contributed by atoms with van der Waals surface area (Å²) in [4.78, 5) is 6.08. The Bertz CT molecular complexity index is 1460. The Balaban J connectivity index is 1.71. The zero-order valence-electron chi connectivity index (χ0n) is 19.3. The molecule has 7 nitrogen and oxygen atoms in total. The maximum atomic E-state index is 16.2. The van der Waals surface area contributed by atoms with E-state index in [1.165, 1.54) is 18.2 Å². The topological polar surface area (TPSA) is 93.2 Å². The largest absolute Gasteiger partial charge is 0.330 e. The van der Waals surface area contributed by atoms with Crippen LogP contribution in [0.5, 0.6) is 0 Å². The third-order valence-electron chi connectivity index (χ3n) is 5.60. The third kappa shape index (κ3) is 4.58. The van der Waals surface area contributed by atoms with Crippen LogP contribution >= 0.6 is 23.1 Å². The predicted octanol–water partition coefficient (Wildman–Crippen LogP) is 5.18. The second kappa shape index (κ2) is 10.1. The van der Waals surface area contributed by atoms with Gasteiger partial charge in [-0.2, -0.15) is 9.49 Å². The van der Waals surface area contributed by atoms with Gasteiger partial charge < -0.3 is 5.73 Å². The molecule has 1 aliphatic rings. The maximum Gasteiger partial charge on any atom is 0.230 e. The molecule has 13 heteroatoms. The summed E-state index contributed by atoms with van der Waals surface area (Å²) in [5.41, 5.74) is 6.66. The first-order valence-electron chi connectivity index (χ1n) is 11.1. The van der Waals surface area contributed by atoms with Gasteiger partial charge >= 0.3 is 0 Å². The lowest BCUT2D eigenvalue weighted by atomic mass is 9.98. The van der Waals surface area contributed by atoms with Gasteiger partial charge in [-0.1, -0.05) is 47.4 Å². The molecule has 37 heavy (non-hydrogen) atoms. The van der Waals surface area contributed by atoms with Crippen molar-refractivity contribution in [1.82, 2.24) is 20.2 Å². The van der Waals surface area contributed by atoms with E-state index < -0.39 is 34.3 Å². The average Bonchev–Trinajstić information content (AvgIpc) is 3.52. The van der Waals surface area contributed by atoms with Crippen LogP contribution < -0.4 is 10.7 Å². The molecule has 5 rings (SSSR count). The summed E-state index contributed by atoms with van der Waals surface area (Å²) in [5.74, 6) is -2.53. The van der Waals surface area contributed by atoms with Crippen LogP contribution in [0.4, 0.5) is 22.7 Å². The zero-order valence-corrected chi connectivity index (χ0v) is 20.9. The van der Waals surface area contributed by atoms with E-state index in [0.717, 1.165) is 45.8 Å². The highest BCUT2D eigenvalue weighted by Gasteiger charge is 2.55. The molecule has 190 valence electrons. The van der Waals surface area contributed by atoms with Gasteiger partial charge in [-0.15, -0.1) is 10.2 Å². The van der Waals surface area contributed by atoms with Crippen LogP contribution in [0.2, 0.25) is 0 Å². The molecule has 0 amide bonds. The van der Waals surface area contributed by atoms with Crippen LogP contribution in [-0.4, -0.2) is 37.9 Å². The predicted molar refractivity (Wildman–Crippen MR) is 135 cm³/mol. The van der Waals surface area contributed by atoms with Gasteiger partial charge in [-0.05, 0) is 49.7 Å². The number of benzene rings is 1. The molecule has 4 aromatic rings. The van der Waals surface area contributed by atoms with E-state index in [1.54, 1.807) is 18.3 Å². The number of aromatic nitrogens is 4. The van der Waals surface area contributed by atoms with Gasteiger partial charge in [0.25, 0.3) is 0 Å². The molecular formula is C24H19F4N7S2. The van der Waals surface area contributed by atoms with Crippen LogP contribution in [-0.2, 0) is 4.87 Å². The van der Waals surface area contributed by atoms with Gasteiger partial charge in [0, 0.05) is 11.8 Å². The van der Waals surface area contributed by atoms with Gasteiger partial charge in [0.15, 0.2) is 15.7 Å². The van der Waals surface area contributed by atoms with Gasteiger partial charge in [0.05, 0.1) is 0 Å². The standard InChI is InChI=1S/C24H19F4N7S2/c1-13-6-8-17(30-12-13)21-32-33-23(36-21)35-24(18(27)10-11-29,14-4-2-3-5-15(14)25)37-22(34-35)20-16(26)7-9-19(28)31-20/h2-9,12,18H,10-11,29H2,1H3. The summed E-state index contributed by atoms with van der Waals surface area (Å²) in [7, 11) is 0. The number of hydrogen-bond acceptors (Lipinski definition) is 9. The van der Waals surface area contributed by atoms with Crippen molar-refractivity contribution >= 4 is 33.3 Å². The summed E-state index contributed by atoms with van der Waals surface area (Å²) < 4.78 is 60.2. The number of halogens is 4. The number of rotatable bonds is 7. The summed E-state index contributed by atoms with van der Waals surface area (Å²) in [6.07, 6.45) is -0.313. The quantitative estimate of drug-likeness (QED) is 0.253. The third-order valence-corrected chi connectivity index (χ3v) is 7.95. The second-order valence-electron chi connectivity index (χ2n) is 8.12. The lowest BCUT2D eigenvalue weighted by molar-refractivity contribution is 0.237. The molecular weight excluding hydrogens is 526 g/mol. The number of thioether (sulfide) groups is 1. The number of hydrogen-bond donors (Lipinski definition) is 1. The number of anilines is 1. The Morgan fingerprint density at radius 1 is 1.03 bits per heavy atom. The molecule has 1 aliphatic heterocycles. The van der Waals surface area contributed by atoms with Crippen molar-refractivity contribution in [2.75, 3.05) is 11.6 Å². The van der Waals surface area contributed by atoms with Gasteiger partial charge in [-0.3, -0.25) is 4.98 Å². The average molecular weight is 546 g/mol. The fourth-order valence-electron chi connectivity index (χ4n) is 3.85. The Hall–Kier alpha value is -3.42. The lowest BCUT2D eigenvalue weighted by Gasteiger charge is -2.38. The van der Waals surface area contributed by atoms with Crippen LogP contribution in [0.15, 0.2) is 59.8 Å². The molecule has 2 atom stereocenters. The fourth-order valence-corrected chi connectivity index (χ4v) is 6.13. The number of pyridine rings is 2.